The fraction of sp³-hybridized carbons (Fsp3) is 0.429. The van der Waals surface area contributed by atoms with Gasteiger partial charge in [-0.05, 0) is 0 Å². The lowest BCUT2D eigenvalue weighted by molar-refractivity contribution is -0.144. The van der Waals surface area contributed by atoms with Gasteiger partial charge in [-0.25, -0.2) is 0 Å². The summed E-state index contributed by atoms with van der Waals surface area (Å²) in [4.78, 5) is 7.07. The molecule has 2 heterocycles. The highest BCUT2D eigenvalue weighted by molar-refractivity contribution is 7.09. The fourth-order valence-corrected chi connectivity index (χ4v) is 1.60. The monoisotopic (exact) mass is 265 g/mol. The number of anilines is 1. The SMILES string of the molecule is FC(F)(F)c1nsc(NCCc2ncno2)n1. The van der Waals surface area contributed by atoms with E-state index < -0.39 is 12.0 Å². The van der Waals surface area contributed by atoms with Gasteiger partial charge in [0.25, 0.3) is 0 Å². The smallest absolute Gasteiger partial charge is 0.360 e. The van der Waals surface area contributed by atoms with Crippen LogP contribution in [0.3, 0.4) is 0 Å². The summed E-state index contributed by atoms with van der Waals surface area (Å²) >= 11 is 0.655. The molecule has 1 N–H and O–H groups in total. The van der Waals surface area contributed by atoms with E-state index in [-0.39, 0.29) is 5.13 Å². The van der Waals surface area contributed by atoms with E-state index in [1.165, 1.54) is 6.33 Å². The Labute approximate surface area is 97.0 Å². The van der Waals surface area contributed by atoms with Gasteiger partial charge >= 0.3 is 6.18 Å². The average Bonchev–Trinajstić information content (AvgIpc) is 2.86. The molecule has 0 aliphatic heterocycles. The Hall–Kier alpha value is -1.71. The van der Waals surface area contributed by atoms with Crippen LogP contribution >= 0.6 is 11.5 Å². The summed E-state index contributed by atoms with van der Waals surface area (Å²) in [5, 5.41) is 6.20. The van der Waals surface area contributed by atoms with Crippen LogP contribution in [-0.2, 0) is 12.6 Å². The molecule has 0 saturated carbocycles. The van der Waals surface area contributed by atoms with Crippen molar-refractivity contribution in [3.05, 3.63) is 18.0 Å². The topological polar surface area (TPSA) is 76.7 Å². The molecular formula is C7H6F3N5OS. The number of alkyl halides is 3. The van der Waals surface area contributed by atoms with Gasteiger partial charge in [-0.1, -0.05) is 5.16 Å². The molecule has 92 valence electrons. The first-order valence-corrected chi connectivity index (χ1v) is 5.23. The molecule has 0 amide bonds. The molecule has 0 fully saturated rings. The Morgan fingerprint density at radius 1 is 1.41 bits per heavy atom. The van der Waals surface area contributed by atoms with Crippen LogP contribution < -0.4 is 5.32 Å². The first-order valence-electron chi connectivity index (χ1n) is 4.46. The van der Waals surface area contributed by atoms with E-state index in [0.29, 0.717) is 30.4 Å². The van der Waals surface area contributed by atoms with Gasteiger partial charge in [0.2, 0.25) is 16.8 Å². The van der Waals surface area contributed by atoms with Crippen molar-refractivity contribution in [1.82, 2.24) is 19.5 Å². The minimum Gasteiger partial charge on any atom is -0.360 e. The minimum absolute atomic E-state index is 0.108. The number of nitrogens with one attached hydrogen (secondary N) is 1. The Balaban J connectivity index is 1.85. The zero-order valence-corrected chi connectivity index (χ0v) is 9.05. The molecular weight excluding hydrogens is 259 g/mol. The van der Waals surface area contributed by atoms with Crippen LogP contribution in [0.4, 0.5) is 18.3 Å². The van der Waals surface area contributed by atoms with Gasteiger partial charge in [-0.15, -0.1) is 0 Å². The number of halogens is 3. The number of hydrogen-bond donors (Lipinski definition) is 1. The zero-order valence-electron chi connectivity index (χ0n) is 8.23. The molecule has 0 aliphatic rings. The maximum Gasteiger partial charge on any atom is 0.452 e. The van der Waals surface area contributed by atoms with Crippen molar-refractivity contribution >= 4 is 16.7 Å². The summed E-state index contributed by atoms with van der Waals surface area (Å²) in [7, 11) is 0. The van der Waals surface area contributed by atoms with Crippen LogP contribution in [0.1, 0.15) is 11.7 Å². The second kappa shape index (κ2) is 4.65. The Morgan fingerprint density at radius 3 is 2.82 bits per heavy atom. The minimum atomic E-state index is -4.51. The number of aromatic nitrogens is 4. The van der Waals surface area contributed by atoms with Crippen LogP contribution in [0.2, 0.25) is 0 Å². The van der Waals surface area contributed by atoms with E-state index in [2.05, 4.69) is 24.8 Å². The van der Waals surface area contributed by atoms with E-state index in [9.17, 15) is 13.2 Å². The Kier molecular flexibility index (Phi) is 3.22. The molecule has 0 radical (unpaired) electrons. The van der Waals surface area contributed by atoms with Gasteiger partial charge < -0.3 is 9.84 Å². The third kappa shape index (κ3) is 3.12. The predicted octanol–water partition coefficient (Wildman–Crippen LogP) is 1.59. The van der Waals surface area contributed by atoms with Crippen LogP contribution in [0.15, 0.2) is 10.9 Å². The van der Waals surface area contributed by atoms with Crippen molar-refractivity contribution in [3.63, 3.8) is 0 Å². The summed E-state index contributed by atoms with van der Waals surface area (Å²) in [6, 6.07) is 0. The van der Waals surface area contributed by atoms with E-state index in [4.69, 9.17) is 4.52 Å². The lowest BCUT2D eigenvalue weighted by Gasteiger charge is -1.99. The molecule has 17 heavy (non-hydrogen) atoms. The van der Waals surface area contributed by atoms with Crippen molar-refractivity contribution in [2.24, 2.45) is 0 Å². The highest BCUT2D eigenvalue weighted by Gasteiger charge is 2.36. The van der Waals surface area contributed by atoms with Crippen molar-refractivity contribution < 1.29 is 17.7 Å². The lowest BCUT2D eigenvalue weighted by Crippen LogP contribution is -2.08. The quantitative estimate of drug-likeness (QED) is 0.904. The van der Waals surface area contributed by atoms with Crippen LogP contribution in [0.25, 0.3) is 0 Å². The fourth-order valence-electron chi connectivity index (χ4n) is 0.993. The normalized spacial score (nSPS) is 11.7. The predicted molar refractivity (Wildman–Crippen MR) is 51.4 cm³/mol. The van der Waals surface area contributed by atoms with Gasteiger partial charge in [0.15, 0.2) is 6.33 Å². The molecule has 0 spiro atoms. The third-order valence-corrected chi connectivity index (χ3v) is 2.37. The standard InChI is InChI=1S/C7H6F3N5OS/c8-7(9,10)5-14-6(17-15-5)11-2-1-4-12-3-13-16-4/h3H,1-2H2,(H,11,14,15). The van der Waals surface area contributed by atoms with Gasteiger partial charge in [0.1, 0.15) is 0 Å². The largest absolute Gasteiger partial charge is 0.452 e. The molecule has 0 bridgehead atoms. The van der Waals surface area contributed by atoms with Gasteiger partial charge in [-0.3, -0.25) is 0 Å². The van der Waals surface area contributed by atoms with Crippen molar-refractivity contribution in [3.8, 4) is 0 Å². The van der Waals surface area contributed by atoms with Crippen molar-refractivity contribution in [2.75, 3.05) is 11.9 Å². The molecule has 0 saturated heterocycles. The summed E-state index contributed by atoms with van der Waals surface area (Å²) in [5.41, 5.74) is 0. The van der Waals surface area contributed by atoms with Crippen LogP contribution in [0, 0.1) is 0 Å². The average molecular weight is 265 g/mol. The Bertz CT molecular complexity index is 468. The highest BCUT2D eigenvalue weighted by atomic mass is 32.1. The third-order valence-electron chi connectivity index (χ3n) is 1.70. The van der Waals surface area contributed by atoms with E-state index >= 15 is 0 Å². The van der Waals surface area contributed by atoms with Crippen LogP contribution in [0.5, 0.6) is 0 Å². The van der Waals surface area contributed by atoms with Crippen LogP contribution in [-0.4, -0.2) is 26.0 Å². The first-order chi connectivity index (χ1) is 8.05. The summed E-state index contributed by atoms with van der Waals surface area (Å²) in [6.45, 7) is 0.342. The second-order valence-electron chi connectivity index (χ2n) is 2.93. The molecule has 0 atom stereocenters. The summed E-state index contributed by atoms with van der Waals surface area (Å²) in [5.74, 6) is -0.735. The number of nitrogens with zero attached hydrogens (tertiary/aromatic N) is 4. The second-order valence-corrected chi connectivity index (χ2v) is 3.68. The summed E-state index contributed by atoms with van der Waals surface area (Å²) in [6.07, 6.45) is -2.86. The van der Waals surface area contributed by atoms with Gasteiger partial charge in [0.05, 0.1) is 0 Å². The van der Waals surface area contributed by atoms with E-state index in [1.54, 1.807) is 0 Å². The number of rotatable bonds is 4. The molecule has 0 aromatic carbocycles. The highest BCUT2D eigenvalue weighted by Crippen LogP contribution is 2.28. The molecule has 10 heteroatoms. The Morgan fingerprint density at radius 2 is 2.24 bits per heavy atom. The molecule has 6 nitrogen and oxygen atoms in total. The maximum absolute atomic E-state index is 12.2. The van der Waals surface area contributed by atoms with Gasteiger partial charge in [0, 0.05) is 24.5 Å². The molecule has 0 unspecified atom stereocenters. The lowest BCUT2D eigenvalue weighted by atomic mass is 10.4. The van der Waals surface area contributed by atoms with E-state index in [0.717, 1.165) is 0 Å². The van der Waals surface area contributed by atoms with E-state index in [1.807, 2.05) is 0 Å². The maximum atomic E-state index is 12.2. The number of hydrogen-bond acceptors (Lipinski definition) is 7. The molecule has 0 aliphatic carbocycles. The van der Waals surface area contributed by atoms with Gasteiger partial charge in [-0.2, -0.15) is 27.5 Å². The summed E-state index contributed by atoms with van der Waals surface area (Å²) < 4.78 is 44.4. The molecule has 2 aromatic heterocycles. The first kappa shape index (κ1) is 11.8. The molecule has 2 rings (SSSR count). The molecule has 2 aromatic rings. The van der Waals surface area contributed by atoms with Crippen molar-refractivity contribution in [2.45, 2.75) is 12.6 Å². The zero-order chi connectivity index (χ0) is 12.3. The van der Waals surface area contributed by atoms with Crippen molar-refractivity contribution in [1.29, 1.82) is 0 Å².